The molecular formula is C19H17F3O4S2. The molecule has 9 heteroatoms. The molecule has 1 N–H and O–H groups in total. The van der Waals surface area contributed by atoms with Gasteiger partial charge in [-0.15, -0.1) is 12.6 Å². The number of hydrogen-bond donors (Lipinski definition) is 1. The van der Waals surface area contributed by atoms with Crippen molar-refractivity contribution in [2.24, 2.45) is 0 Å². The molecule has 0 heterocycles. The van der Waals surface area contributed by atoms with E-state index < -0.39 is 17.3 Å². The molecule has 150 valence electrons. The largest absolute Gasteiger partial charge is 0.508 e. The van der Waals surface area contributed by atoms with E-state index in [2.05, 4.69) is 48.7 Å². The van der Waals surface area contributed by atoms with Crippen molar-refractivity contribution >= 4 is 32.3 Å². The van der Waals surface area contributed by atoms with Crippen LogP contribution in [-0.4, -0.2) is 24.0 Å². The van der Waals surface area contributed by atoms with E-state index in [4.69, 9.17) is 12.6 Å². The molecule has 0 saturated heterocycles. The van der Waals surface area contributed by atoms with Gasteiger partial charge in [0.05, 0.1) is 0 Å². The van der Waals surface area contributed by atoms with Crippen LogP contribution in [0.5, 0.6) is 5.75 Å². The second kappa shape index (κ2) is 12.0. The van der Waals surface area contributed by atoms with Crippen LogP contribution >= 0.6 is 0 Å². The Kier molecular flexibility index (Phi) is 10.1. The number of phenolic OH excluding ortho intramolecular Hbond substituents is 1. The molecule has 28 heavy (non-hydrogen) atoms. The van der Waals surface area contributed by atoms with Gasteiger partial charge in [0.1, 0.15) is 17.8 Å². The first-order chi connectivity index (χ1) is 13.2. The zero-order valence-electron chi connectivity index (χ0n) is 14.7. The summed E-state index contributed by atoms with van der Waals surface area (Å²) in [4.78, 5) is 1.29. The minimum absolute atomic E-state index is 0.140. The summed E-state index contributed by atoms with van der Waals surface area (Å²) in [5.41, 5.74) is 1.39. The summed E-state index contributed by atoms with van der Waals surface area (Å²) in [5.74, 6) is 1.36. The number of phenols is 1. The molecule has 3 aromatic carbocycles. The van der Waals surface area contributed by atoms with E-state index in [1.165, 1.54) is 21.2 Å². The highest BCUT2D eigenvalue weighted by Gasteiger charge is 2.17. The second-order valence-corrected chi connectivity index (χ2v) is 7.77. The number of hydrogen-bond acceptors (Lipinski definition) is 4. The van der Waals surface area contributed by atoms with Gasteiger partial charge in [0.2, 0.25) is 0 Å². The van der Waals surface area contributed by atoms with Crippen molar-refractivity contribution in [2.45, 2.75) is 10.6 Å². The van der Waals surface area contributed by atoms with Gasteiger partial charge in [-0.2, -0.15) is 0 Å². The summed E-state index contributed by atoms with van der Waals surface area (Å²) in [6, 6.07) is 22.6. The van der Waals surface area contributed by atoms with Crippen LogP contribution < -0.4 is 0 Å². The van der Waals surface area contributed by atoms with Crippen LogP contribution in [0.25, 0.3) is 10.8 Å². The maximum Gasteiger partial charge on any atom is 0.425 e. The summed E-state index contributed by atoms with van der Waals surface area (Å²) >= 11 is 0. The van der Waals surface area contributed by atoms with E-state index in [0.29, 0.717) is 5.75 Å². The Bertz CT molecular complexity index is 964. The minimum Gasteiger partial charge on any atom is -0.508 e. The third kappa shape index (κ3) is 8.92. The Labute approximate surface area is 165 Å². The standard InChI is InChI=1S/C18H16OS.CF3.O3S/c1-20(17-11-9-16(19)10-12-17)13-15-7-4-6-14-5-2-3-8-18(14)15;2-1(3)4;1-4(2)3/h2-12H,13H2,1H3;;/q;-1;/p+1. The summed E-state index contributed by atoms with van der Waals surface area (Å²) < 4.78 is 54.1. The number of fused-ring (bicyclic) bond motifs is 1. The molecular weight excluding hydrogens is 413 g/mol. The van der Waals surface area contributed by atoms with Crippen LogP contribution in [0.3, 0.4) is 0 Å². The summed E-state index contributed by atoms with van der Waals surface area (Å²) in [6.45, 7) is -3.08. The van der Waals surface area contributed by atoms with Gasteiger partial charge in [0.25, 0.3) is 0 Å². The van der Waals surface area contributed by atoms with Crippen LogP contribution in [-0.2, 0) is 27.3 Å². The first kappa shape index (κ1) is 23.5. The molecule has 3 aromatic rings. The van der Waals surface area contributed by atoms with Crippen LogP contribution in [0.15, 0.2) is 71.6 Å². The molecule has 0 bridgehead atoms. The van der Waals surface area contributed by atoms with Gasteiger partial charge in [0.15, 0.2) is 11.6 Å². The molecule has 0 fully saturated rings. The normalized spacial score (nSPS) is 11.0. The molecule has 0 aromatic heterocycles. The fourth-order valence-corrected chi connectivity index (χ4v) is 3.90. The van der Waals surface area contributed by atoms with Crippen molar-refractivity contribution in [3.63, 3.8) is 0 Å². The van der Waals surface area contributed by atoms with E-state index in [1.807, 2.05) is 12.1 Å². The lowest BCUT2D eigenvalue weighted by molar-refractivity contribution is 0.142. The number of benzene rings is 3. The fourth-order valence-electron chi connectivity index (χ4n) is 2.41. The van der Waals surface area contributed by atoms with Gasteiger partial charge in [-0.05, 0) is 35.0 Å². The predicted molar refractivity (Wildman–Crippen MR) is 104 cm³/mol. The average molecular weight is 430 g/mol. The topological polar surface area (TPSA) is 71.4 Å². The smallest absolute Gasteiger partial charge is 0.425 e. The van der Waals surface area contributed by atoms with Crippen molar-refractivity contribution in [3.05, 3.63) is 79.0 Å². The minimum atomic E-state index is -3.11. The molecule has 0 saturated carbocycles. The maximum atomic E-state index is 9.58. The highest BCUT2D eigenvalue weighted by atomic mass is 32.2. The SMILES string of the molecule is C[S+](Cc1cccc2ccccc12)c1ccc(O)cc1.F[C-](F)F.O=S(=O)=O. The van der Waals surface area contributed by atoms with Crippen molar-refractivity contribution in [1.82, 2.24) is 0 Å². The lowest BCUT2D eigenvalue weighted by atomic mass is 10.1. The van der Waals surface area contributed by atoms with Gasteiger partial charge >= 0.3 is 10.6 Å². The second-order valence-electron chi connectivity index (χ2n) is 5.33. The number of rotatable bonds is 3. The van der Waals surface area contributed by atoms with E-state index in [-0.39, 0.29) is 10.9 Å². The van der Waals surface area contributed by atoms with Crippen molar-refractivity contribution < 1.29 is 30.9 Å². The average Bonchev–Trinajstić information content (AvgIpc) is 2.61. The van der Waals surface area contributed by atoms with E-state index in [9.17, 15) is 18.3 Å². The molecule has 0 spiro atoms. The first-order valence-corrected chi connectivity index (χ1v) is 10.5. The van der Waals surface area contributed by atoms with Crippen molar-refractivity contribution in [1.29, 1.82) is 0 Å². The third-order valence-corrected chi connectivity index (χ3v) is 5.31. The van der Waals surface area contributed by atoms with Crippen LogP contribution in [0.2, 0.25) is 0 Å². The van der Waals surface area contributed by atoms with E-state index >= 15 is 0 Å². The zero-order valence-corrected chi connectivity index (χ0v) is 16.3. The lowest BCUT2D eigenvalue weighted by Gasteiger charge is -2.07. The first-order valence-electron chi connectivity index (χ1n) is 7.69. The molecule has 3 rings (SSSR count). The molecule has 0 aliphatic rings. The molecule has 0 aliphatic heterocycles. The Morgan fingerprint density at radius 1 is 0.893 bits per heavy atom. The maximum absolute atomic E-state index is 9.58. The Balaban J connectivity index is 0.000000420. The number of aromatic hydroxyl groups is 1. The van der Waals surface area contributed by atoms with Crippen molar-refractivity contribution in [3.8, 4) is 5.75 Å². The highest BCUT2D eigenvalue weighted by Crippen LogP contribution is 2.24. The lowest BCUT2D eigenvalue weighted by Crippen LogP contribution is -2.04. The van der Waals surface area contributed by atoms with Crippen LogP contribution in [0, 0.1) is 6.68 Å². The summed E-state index contributed by atoms with van der Waals surface area (Å²) in [5, 5.41) is 12.0. The van der Waals surface area contributed by atoms with Crippen LogP contribution in [0.1, 0.15) is 5.56 Å². The fraction of sp³-hybridized carbons (Fsp3) is 0.105. The molecule has 0 aliphatic carbocycles. The molecule has 1 unspecified atom stereocenters. The van der Waals surface area contributed by atoms with Gasteiger partial charge < -0.3 is 18.3 Å². The molecule has 4 nitrogen and oxygen atoms in total. The molecule has 1 atom stereocenters. The highest BCUT2D eigenvalue weighted by molar-refractivity contribution is 7.95. The Hall–Kier alpha value is -2.52. The summed E-state index contributed by atoms with van der Waals surface area (Å²) in [7, 11) is -2.97. The summed E-state index contributed by atoms with van der Waals surface area (Å²) in [6.07, 6.45) is 2.26. The Morgan fingerprint density at radius 2 is 1.39 bits per heavy atom. The van der Waals surface area contributed by atoms with E-state index in [0.717, 1.165) is 5.75 Å². The van der Waals surface area contributed by atoms with Crippen molar-refractivity contribution in [2.75, 3.05) is 6.26 Å². The predicted octanol–water partition coefficient (Wildman–Crippen LogP) is 4.69. The number of halogens is 3. The van der Waals surface area contributed by atoms with Gasteiger partial charge in [-0.1, -0.05) is 42.5 Å². The monoisotopic (exact) mass is 430 g/mol. The van der Waals surface area contributed by atoms with Crippen LogP contribution in [0.4, 0.5) is 13.2 Å². The van der Waals surface area contributed by atoms with Gasteiger partial charge in [-0.3, -0.25) is 0 Å². The van der Waals surface area contributed by atoms with Gasteiger partial charge in [0, 0.05) is 16.5 Å². The molecule has 0 radical (unpaired) electrons. The third-order valence-electron chi connectivity index (χ3n) is 3.49. The van der Waals surface area contributed by atoms with E-state index in [1.54, 1.807) is 12.1 Å². The zero-order chi connectivity index (χ0) is 21.1. The Morgan fingerprint density at radius 3 is 1.96 bits per heavy atom. The quantitative estimate of drug-likeness (QED) is 0.483. The van der Waals surface area contributed by atoms with Gasteiger partial charge in [-0.25, -0.2) is 0 Å². The molecule has 0 amide bonds.